The van der Waals surface area contributed by atoms with E-state index in [9.17, 15) is 14.4 Å². The van der Waals surface area contributed by atoms with Crippen LogP contribution in [0.5, 0.6) is 5.75 Å². The van der Waals surface area contributed by atoms with Crippen LogP contribution in [-0.4, -0.2) is 28.0 Å². The molecule has 170 valence electrons. The summed E-state index contributed by atoms with van der Waals surface area (Å²) in [6, 6.07) is 15.1. The number of amides is 2. The Morgan fingerprint density at radius 2 is 2.00 bits per heavy atom. The van der Waals surface area contributed by atoms with Crippen molar-refractivity contribution in [2.24, 2.45) is 12.8 Å². The van der Waals surface area contributed by atoms with E-state index < -0.39 is 11.8 Å². The van der Waals surface area contributed by atoms with Gasteiger partial charge in [-0.05, 0) is 30.2 Å². The van der Waals surface area contributed by atoms with Crippen LogP contribution in [0.2, 0.25) is 0 Å². The molecule has 0 spiro atoms. The number of hydrogen-bond donors (Lipinski definition) is 2. The first-order chi connectivity index (χ1) is 15.8. The molecule has 0 aliphatic carbocycles. The average Bonchev–Trinajstić information content (AvgIpc) is 2.79. The van der Waals surface area contributed by atoms with E-state index in [1.165, 1.54) is 17.3 Å². The van der Waals surface area contributed by atoms with Gasteiger partial charge in [-0.1, -0.05) is 53.7 Å². The van der Waals surface area contributed by atoms with Gasteiger partial charge in [0.2, 0.25) is 5.91 Å². The molecule has 3 aromatic rings. The van der Waals surface area contributed by atoms with E-state index in [2.05, 4.69) is 16.4 Å². The van der Waals surface area contributed by atoms with E-state index in [-0.39, 0.29) is 24.5 Å². The minimum atomic E-state index is -0.567. The van der Waals surface area contributed by atoms with Gasteiger partial charge in [0.25, 0.3) is 11.5 Å². The van der Waals surface area contributed by atoms with Gasteiger partial charge in [0, 0.05) is 25.1 Å². The van der Waals surface area contributed by atoms with Gasteiger partial charge < -0.3 is 20.4 Å². The molecule has 0 radical (unpaired) electrons. The van der Waals surface area contributed by atoms with Gasteiger partial charge in [-0.3, -0.25) is 14.4 Å². The highest BCUT2D eigenvalue weighted by atomic mass is 32.2. The molecule has 0 bridgehead atoms. The van der Waals surface area contributed by atoms with Crippen molar-refractivity contribution in [3.63, 3.8) is 0 Å². The monoisotopic (exact) mass is 464 g/mol. The molecule has 1 aromatic heterocycles. The number of nitrogens with zero attached hydrogens (tertiary/aromatic N) is 2. The quantitative estimate of drug-likeness (QED) is 0.410. The topological polar surface area (TPSA) is 116 Å². The molecule has 2 heterocycles. The van der Waals surface area contributed by atoms with Crippen LogP contribution in [0.1, 0.15) is 34.6 Å². The molecule has 33 heavy (non-hydrogen) atoms. The molecular weight excluding hydrogens is 440 g/mol. The first-order valence-electron chi connectivity index (χ1n) is 10.4. The Morgan fingerprint density at radius 1 is 1.24 bits per heavy atom. The lowest BCUT2D eigenvalue weighted by atomic mass is 9.87. The molecule has 4 rings (SSSR count). The van der Waals surface area contributed by atoms with Crippen molar-refractivity contribution in [3.8, 4) is 5.75 Å². The number of carbonyl (C=O) groups is 2. The van der Waals surface area contributed by atoms with E-state index in [0.29, 0.717) is 28.0 Å². The second-order valence-corrected chi connectivity index (χ2v) is 8.87. The highest BCUT2D eigenvalue weighted by molar-refractivity contribution is 7.98. The van der Waals surface area contributed by atoms with Crippen LogP contribution in [0.15, 0.2) is 58.5 Å². The number of carbonyl (C=O) groups excluding carboxylic acids is 2. The normalized spacial score (nSPS) is 15.0. The maximum absolute atomic E-state index is 13.1. The minimum absolute atomic E-state index is 0.140. The zero-order valence-electron chi connectivity index (χ0n) is 18.3. The van der Waals surface area contributed by atoms with E-state index >= 15 is 0 Å². The number of aryl methyl sites for hydroxylation is 1. The number of nitrogens with one attached hydrogen (secondary N) is 1. The second-order valence-electron chi connectivity index (χ2n) is 7.93. The van der Waals surface area contributed by atoms with Crippen LogP contribution in [0.3, 0.4) is 0 Å². The minimum Gasteiger partial charge on any atom is -0.484 e. The van der Waals surface area contributed by atoms with Crippen molar-refractivity contribution in [2.75, 3.05) is 11.9 Å². The number of hydrogen-bond acceptors (Lipinski definition) is 6. The molecule has 1 aliphatic rings. The summed E-state index contributed by atoms with van der Waals surface area (Å²) in [6.07, 6.45) is 0.140. The van der Waals surface area contributed by atoms with Crippen molar-refractivity contribution in [1.29, 1.82) is 0 Å². The highest BCUT2D eigenvalue weighted by Crippen LogP contribution is 2.36. The molecule has 8 nitrogen and oxygen atoms in total. The number of aromatic nitrogens is 2. The third-order valence-electron chi connectivity index (χ3n) is 5.41. The standard InChI is InChI=1S/C24H24N4O4S/c1-14-4-3-5-15(10-14)13-33-24-27-23(31)21-18(11-20(30)26-22(21)28(24)2)16-6-8-17(9-7-16)32-12-19(25)29/h3-10,18H,11-13H2,1-2H3,(H2,25,29)(H,26,30). The van der Waals surface area contributed by atoms with Gasteiger partial charge in [-0.2, -0.15) is 4.98 Å². The predicted molar refractivity (Wildman–Crippen MR) is 126 cm³/mol. The van der Waals surface area contributed by atoms with Crippen molar-refractivity contribution < 1.29 is 14.3 Å². The lowest BCUT2D eigenvalue weighted by Crippen LogP contribution is -2.33. The smallest absolute Gasteiger partial charge is 0.279 e. The molecule has 9 heteroatoms. The summed E-state index contributed by atoms with van der Waals surface area (Å²) in [5, 5.41) is 3.39. The Balaban J connectivity index is 1.63. The van der Waals surface area contributed by atoms with Crippen LogP contribution in [0.25, 0.3) is 0 Å². The van der Waals surface area contributed by atoms with Gasteiger partial charge in [0.15, 0.2) is 11.8 Å². The second kappa shape index (κ2) is 9.50. The lowest BCUT2D eigenvalue weighted by Gasteiger charge is -2.27. The average molecular weight is 465 g/mol. The Morgan fingerprint density at radius 3 is 2.70 bits per heavy atom. The lowest BCUT2D eigenvalue weighted by molar-refractivity contribution is -0.120. The van der Waals surface area contributed by atoms with Crippen molar-refractivity contribution in [1.82, 2.24) is 9.55 Å². The number of benzene rings is 2. The van der Waals surface area contributed by atoms with Crippen LogP contribution in [0, 0.1) is 6.92 Å². The zero-order valence-corrected chi connectivity index (χ0v) is 19.1. The molecule has 2 aromatic carbocycles. The molecule has 1 aliphatic heterocycles. The van der Waals surface area contributed by atoms with Crippen LogP contribution in [-0.2, 0) is 22.4 Å². The Bertz CT molecular complexity index is 1270. The molecule has 1 unspecified atom stereocenters. The summed E-state index contributed by atoms with van der Waals surface area (Å²) in [7, 11) is 1.80. The zero-order chi connectivity index (χ0) is 23.5. The summed E-state index contributed by atoms with van der Waals surface area (Å²) in [4.78, 5) is 40.8. The molecular formula is C24H24N4O4S. The Hall–Kier alpha value is -3.59. The van der Waals surface area contributed by atoms with Crippen molar-refractivity contribution in [3.05, 3.63) is 81.1 Å². The fraction of sp³-hybridized carbons (Fsp3) is 0.250. The number of anilines is 1. The van der Waals surface area contributed by atoms with E-state index in [4.69, 9.17) is 10.5 Å². The molecule has 2 amide bonds. The van der Waals surface area contributed by atoms with Gasteiger partial charge in [0.05, 0.1) is 5.56 Å². The number of rotatable bonds is 7. The van der Waals surface area contributed by atoms with Crippen LogP contribution >= 0.6 is 11.8 Å². The maximum Gasteiger partial charge on any atom is 0.279 e. The van der Waals surface area contributed by atoms with Crippen molar-refractivity contribution >= 4 is 29.4 Å². The summed E-state index contributed by atoms with van der Waals surface area (Å²) in [5.41, 5.74) is 8.30. The van der Waals surface area contributed by atoms with Gasteiger partial charge in [0.1, 0.15) is 11.6 Å². The van der Waals surface area contributed by atoms with E-state index in [1.54, 1.807) is 35.9 Å². The van der Waals surface area contributed by atoms with Crippen LogP contribution in [0.4, 0.5) is 5.82 Å². The van der Waals surface area contributed by atoms with Crippen molar-refractivity contribution in [2.45, 2.75) is 30.2 Å². The maximum atomic E-state index is 13.1. The first kappa shape index (κ1) is 22.6. The molecule has 3 N–H and O–H groups in total. The highest BCUT2D eigenvalue weighted by Gasteiger charge is 2.32. The third kappa shape index (κ3) is 5.09. The summed E-state index contributed by atoms with van der Waals surface area (Å²) in [6.45, 7) is 1.81. The number of ether oxygens (including phenoxy) is 1. The first-order valence-corrected chi connectivity index (χ1v) is 11.4. The number of fused-ring (bicyclic) bond motifs is 1. The van der Waals surface area contributed by atoms with Gasteiger partial charge in [-0.25, -0.2) is 0 Å². The number of primary amides is 1. The largest absolute Gasteiger partial charge is 0.484 e. The molecule has 0 fully saturated rings. The summed E-state index contributed by atoms with van der Waals surface area (Å²) in [5.74, 6) is 0.440. The predicted octanol–water partition coefficient (Wildman–Crippen LogP) is 2.72. The number of nitrogens with two attached hydrogens (primary N) is 1. The SMILES string of the molecule is Cc1cccc(CSc2nc(=O)c3c(n2C)NC(=O)CC3c2ccc(OCC(N)=O)cc2)c1. The fourth-order valence-corrected chi connectivity index (χ4v) is 4.76. The molecule has 0 saturated carbocycles. The van der Waals surface area contributed by atoms with Gasteiger partial charge >= 0.3 is 0 Å². The summed E-state index contributed by atoms with van der Waals surface area (Å²) < 4.78 is 7.06. The molecule has 0 saturated heterocycles. The third-order valence-corrected chi connectivity index (χ3v) is 6.52. The number of thioether (sulfide) groups is 1. The fourth-order valence-electron chi connectivity index (χ4n) is 3.85. The summed E-state index contributed by atoms with van der Waals surface area (Å²) >= 11 is 1.45. The van der Waals surface area contributed by atoms with Crippen LogP contribution < -0.4 is 21.3 Å². The van der Waals surface area contributed by atoms with Gasteiger partial charge in [-0.15, -0.1) is 0 Å². The van der Waals surface area contributed by atoms with E-state index in [1.807, 2.05) is 25.1 Å². The Labute approximate surface area is 195 Å². The Kier molecular flexibility index (Phi) is 6.50. The van der Waals surface area contributed by atoms with E-state index in [0.717, 1.165) is 11.1 Å². The molecule has 1 atom stereocenters.